The van der Waals surface area contributed by atoms with Gasteiger partial charge in [0.05, 0.1) is 17.3 Å². The van der Waals surface area contributed by atoms with Gasteiger partial charge in [-0.05, 0) is 56.6 Å². The van der Waals surface area contributed by atoms with Crippen LogP contribution in [0.15, 0.2) is 35.5 Å². The molecular weight excluding hydrogens is 284 g/mol. The topological polar surface area (TPSA) is 21.8 Å². The summed E-state index contributed by atoms with van der Waals surface area (Å²) in [6.45, 7) is 3.17. The number of nitrogens with one attached hydrogen (secondary N) is 1. The van der Waals surface area contributed by atoms with Crippen LogP contribution in [0.5, 0.6) is 0 Å². The third kappa shape index (κ3) is 3.51. The van der Waals surface area contributed by atoms with Gasteiger partial charge in [0.25, 0.3) is 0 Å². The second kappa shape index (κ2) is 6.26. The van der Waals surface area contributed by atoms with Crippen molar-refractivity contribution in [2.75, 3.05) is 38.7 Å². The Balaban J connectivity index is 1.58. The van der Waals surface area contributed by atoms with Gasteiger partial charge in [0, 0.05) is 13.2 Å². The summed E-state index contributed by atoms with van der Waals surface area (Å²) in [6, 6.07) is 8.91. The SMILES string of the molecule is CN1CCC(c2ccc(N(C)NN3C=C(Cl)C3)cc2)CC1. The van der Waals surface area contributed by atoms with Crippen molar-refractivity contribution >= 4 is 17.3 Å². The summed E-state index contributed by atoms with van der Waals surface area (Å²) in [6.07, 6.45) is 4.42. The predicted octanol–water partition coefficient (Wildman–Crippen LogP) is 2.75. The predicted molar refractivity (Wildman–Crippen MR) is 88.1 cm³/mol. The Morgan fingerprint density at radius 1 is 1.19 bits per heavy atom. The minimum atomic E-state index is 0.714. The maximum Gasteiger partial charge on any atom is 0.0728 e. The standard InChI is InChI=1S/C16H23ClN4/c1-19-9-7-14(8-10-19)13-3-5-16(6-4-13)20(2)18-21-11-15(17)12-21/h3-6,11,14,18H,7-10,12H2,1-2H3. The lowest BCUT2D eigenvalue weighted by atomic mass is 9.89. The van der Waals surface area contributed by atoms with Gasteiger partial charge in [0.15, 0.2) is 0 Å². The highest BCUT2D eigenvalue weighted by Crippen LogP contribution is 2.28. The fourth-order valence-electron chi connectivity index (χ4n) is 2.93. The van der Waals surface area contributed by atoms with E-state index in [2.05, 4.69) is 41.7 Å². The largest absolute Gasteiger partial charge is 0.306 e. The van der Waals surface area contributed by atoms with E-state index < -0.39 is 0 Å². The maximum atomic E-state index is 5.85. The van der Waals surface area contributed by atoms with Crippen molar-refractivity contribution < 1.29 is 0 Å². The summed E-state index contributed by atoms with van der Waals surface area (Å²) < 4.78 is 0. The van der Waals surface area contributed by atoms with Crippen LogP contribution in [0.1, 0.15) is 24.3 Å². The molecular formula is C16H23ClN4. The molecule has 2 aliphatic heterocycles. The van der Waals surface area contributed by atoms with Crippen LogP contribution in [0.2, 0.25) is 0 Å². The minimum absolute atomic E-state index is 0.714. The number of nitrogens with zero attached hydrogens (tertiary/aromatic N) is 3. The Morgan fingerprint density at radius 2 is 1.81 bits per heavy atom. The fourth-order valence-corrected chi connectivity index (χ4v) is 3.18. The lowest BCUT2D eigenvalue weighted by Crippen LogP contribution is -2.49. The van der Waals surface area contributed by atoms with E-state index in [0.717, 1.165) is 17.3 Å². The van der Waals surface area contributed by atoms with Crippen LogP contribution in [0.4, 0.5) is 5.69 Å². The Hall–Kier alpha value is -1.23. The number of hydrogen-bond acceptors (Lipinski definition) is 4. The maximum absolute atomic E-state index is 5.85. The van der Waals surface area contributed by atoms with Crippen LogP contribution < -0.4 is 10.5 Å². The molecule has 1 N–H and O–H groups in total. The van der Waals surface area contributed by atoms with Gasteiger partial charge < -0.3 is 4.90 Å². The Labute approximate surface area is 131 Å². The number of hydrogen-bond donors (Lipinski definition) is 1. The van der Waals surface area contributed by atoms with E-state index >= 15 is 0 Å². The van der Waals surface area contributed by atoms with Crippen molar-refractivity contribution in [3.05, 3.63) is 41.1 Å². The van der Waals surface area contributed by atoms with E-state index in [4.69, 9.17) is 11.6 Å². The smallest absolute Gasteiger partial charge is 0.0728 e. The van der Waals surface area contributed by atoms with Gasteiger partial charge >= 0.3 is 0 Å². The third-order valence-corrected chi connectivity index (χ3v) is 4.58. The molecule has 4 nitrogen and oxygen atoms in total. The monoisotopic (exact) mass is 306 g/mol. The van der Waals surface area contributed by atoms with Gasteiger partial charge in [-0.25, -0.2) is 0 Å². The molecule has 0 radical (unpaired) electrons. The van der Waals surface area contributed by atoms with E-state index in [1.54, 1.807) is 0 Å². The van der Waals surface area contributed by atoms with E-state index in [1.807, 2.05) is 23.3 Å². The number of halogens is 1. The minimum Gasteiger partial charge on any atom is -0.306 e. The van der Waals surface area contributed by atoms with E-state index in [-0.39, 0.29) is 0 Å². The van der Waals surface area contributed by atoms with E-state index in [1.165, 1.54) is 31.5 Å². The summed E-state index contributed by atoms with van der Waals surface area (Å²) in [5.74, 6) is 0.714. The van der Waals surface area contributed by atoms with Crippen LogP contribution >= 0.6 is 11.6 Å². The first kappa shape index (κ1) is 14.7. The first-order chi connectivity index (χ1) is 10.1. The molecule has 0 aliphatic carbocycles. The number of anilines is 1. The molecule has 0 bridgehead atoms. The summed E-state index contributed by atoms with van der Waals surface area (Å²) >= 11 is 5.85. The first-order valence-corrected chi connectivity index (χ1v) is 7.91. The number of benzene rings is 1. The van der Waals surface area contributed by atoms with E-state index in [9.17, 15) is 0 Å². The molecule has 0 atom stereocenters. The molecule has 1 fully saturated rings. The van der Waals surface area contributed by atoms with Gasteiger partial charge in [-0.2, -0.15) is 0 Å². The molecule has 3 rings (SSSR count). The quantitative estimate of drug-likeness (QED) is 0.863. The highest BCUT2D eigenvalue weighted by molar-refractivity contribution is 6.30. The van der Waals surface area contributed by atoms with Gasteiger partial charge in [-0.3, -0.25) is 10.0 Å². The molecule has 0 aromatic heterocycles. The Kier molecular flexibility index (Phi) is 4.38. The van der Waals surface area contributed by atoms with Crippen molar-refractivity contribution in [3.63, 3.8) is 0 Å². The van der Waals surface area contributed by atoms with Gasteiger partial charge in [0.1, 0.15) is 0 Å². The molecule has 0 saturated carbocycles. The number of likely N-dealkylation sites (tertiary alicyclic amines) is 1. The molecule has 1 aromatic carbocycles. The zero-order valence-electron chi connectivity index (χ0n) is 12.7. The molecule has 114 valence electrons. The zero-order valence-corrected chi connectivity index (χ0v) is 13.5. The molecule has 0 unspecified atom stereocenters. The van der Waals surface area contributed by atoms with Crippen LogP contribution in [0.3, 0.4) is 0 Å². The van der Waals surface area contributed by atoms with Gasteiger partial charge in [-0.1, -0.05) is 23.7 Å². The van der Waals surface area contributed by atoms with E-state index in [0.29, 0.717) is 5.92 Å². The molecule has 2 heterocycles. The van der Waals surface area contributed by atoms with Crippen molar-refractivity contribution in [2.24, 2.45) is 0 Å². The van der Waals surface area contributed by atoms with Crippen LogP contribution in [0, 0.1) is 0 Å². The van der Waals surface area contributed by atoms with Crippen molar-refractivity contribution in [2.45, 2.75) is 18.8 Å². The van der Waals surface area contributed by atoms with Gasteiger partial charge in [-0.15, -0.1) is 5.53 Å². The van der Waals surface area contributed by atoms with Crippen LogP contribution in [-0.2, 0) is 0 Å². The van der Waals surface area contributed by atoms with Gasteiger partial charge in [0.2, 0.25) is 0 Å². The summed E-state index contributed by atoms with van der Waals surface area (Å²) in [4.78, 5) is 2.41. The lowest BCUT2D eigenvalue weighted by molar-refractivity contribution is 0.255. The normalized spacial score (nSPS) is 20.1. The highest BCUT2D eigenvalue weighted by atomic mass is 35.5. The molecule has 2 aliphatic rings. The van der Waals surface area contributed by atoms with Crippen molar-refractivity contribution in [1.29, 1.82) is 0 Å². The average Bonchev–Trinajstić information content (AvgIpc) is 2.46. The molecule has 5 heteroatoms. The fraction of sp³-hybridized carbons (Fsp3) is 0.500. The molecule has 0 amide bonds. The third-order valence-electron chi connectivity index (χ3n) is 4.37. The number of piperidine rings is 1. The molecule has 1 saturated heterocycles. The van der Waals surface area contributed by atoms with Crippen molar-refractivity contribution in [3.8, 4) is 0 Å². The Bertz CT molecular complexity index is 506. The average molecular weight is 307 g/mol. The molecule has 0 spiro atoms. The van der Waals surface area contributed by atoms with Crippen LogP contribution in [0.25, 0.3) is 0 Å². The number of rotatable bonds is 4. The second-order valence-corrected chi connectivity index (χ2v) is 6.52. The first-order valence-electron chi connectivity index (χ1n) is 7.53. The Morgan fingerprint density at radius 3 is 2.38 bits per heavy atom. The van der Waals surface area contributed by atoms with Crippen LogP contribution in [-0.4, -0.2) is 43.6 Å². The van der Waals surface area contributed by atoms with Crippen molar-refractivity contribution in [1.82, 2.24) is 15.4 Å². The second-order valence-electron chi connectivity index (χ2n) is 6.03. The lowest BCUT2D eigenvalue weighted by Gasteiger charge is -2.34. The summed E-state index contributed by atoms with van der Waals surface area (Å²) in [5, 5.41) is 4.86. The molecule has 1 aromatic rings. The summed E-state index contributed by atoms with van der Waals surface area (Å²) in [7, 11) is 4.22. The highest BCUT2D eigenvalue weighted by Gasteiger charge is 2.19. The zero-order chi connectivity index (χ0) is 14.8. The summed E-state index contributed by atoms with van der Waals surface area (Å²) in [5.41, 5.74) is 5.89. The molecule has 21 heavy (non-hydrogen) atoms. The number of hydrazine groups is 2.